The maximum atomic E-state index is 12.4. The van der Waals surface area contributed by atoms with Crippen molar-refractivity contribution in [3.63, 3.8) is 0 Å². The van der Waals surface area contributed by atoms with Crippen molar-refractivity contribution in [2.24, 2.45) is 5.92 Å². The topological polar surface area (TPSA) is 78.7 Å². The Balaban J connectivity index is 1.20. The normalized spacial score (nSPS) is 14.7. The number of aromatic nitrogens is 2. The molecule has 2 aromatic heterocycles. The van der Waals surface area contributed by atoms with Crippen LogP contribution in [0.15, 0.2) is 60.9 Å². The van der Waals surface area contributed by atoms with E-state index in [1.54, 1.807) is 4.90 Å². The van der Waals surface area contributed by atoms with Crippen LogP contribution >= 0.6 is 0 Å². The number of amides is 3. The lowest BCUT2D eigenvalue weighted by atomic mass is 9.96. The van der Waals surface area contributed by atoms with Crippen molar-refractivity contribution in [3.05, 3.63) is 66.6 Å². The zero-order chi connectivity index (χ0) is 20.1. The Morgan fingerprint density at radius 1 is 1.03 bits per heavy atom. The molecule has 4 rings (SSSR count). The summed E-state index contributed by atoms with van der Waals surface area (Å²) >= 11 is 0. The van der Waals surface area contributed by atoms with Crippen LogP contribution in [0, 0.1) is 5.92 Å². The highest BCUT2D eigenvalue weighted by atomic mass is 16.2. The fourth-order valence-corrected chi connectivity index (χ4v) is 3.63. The molecule has 7 heteroatoms. The average Bonchev–Trinajstić information content (AvgIpc) is 3.17. The summed E-state index contributed by atoms with van der Waals surface area (Å²) in [7, 11) is 0. The number of nitrogens with one attached hydrogen (secondary N) is 2. The number of likely N-dealkylation sites (tertiary alicyclic amines) is 1. The van der Waals surface area contributed by atoms with E-state index in [0.717, 1.165) is 17.0 Å². The third-order valence-corrected chi connectivity index (χ3v) is 5.27. The molecule has 0 aliphatic carbocycles. The van der Waals surface area contributed by atoms with Gasteiger partial charge in [-0.2, -0.15) is 0 Å². The number of fused-ring (bicyclic) bond motifs is 1. The van der Waals surface area contributed by atoms with E-state index in [2.05, 4.69) is 15.6 Å². The van der Waals surface area contributed by atoms with Crippen LogP contribution in [-0.4, -0.2) is 45.9 Å². The minimum absolute atomic E-state index is 0.0307. The van der Waals surface area contributed by atoms with Gasteiger partial charge in [0.25, 0.3) is 0 Å². The molecule has 1 aliphatic rings. The fraction of sp³-hybridized carbons (Fsp3) is 0.318. The highest BCUT2D eigenvalue weighted by Gasteiger charge is 2.27. The van der Waals surface area contributed by atoms with Gasteiger partial charge < -0.3 is 19.9 Å². The minimum Gasteiger partial charge on any atom is -0.338 e. The van der Waals surface area contributed by atoms with Crippen LogP contribution in [0.1, 0.15) is 18.5 Å². The summed E-state index contributed by atoms with van der Waals surface area (Å²) in [5, 5.41) is 5.92. The molecule has 0 bridgehead atoms. The van der Waals surface area contributed by atoms with Gasteiger partial charge in [-0.25, -0.2) is 9.78 Å². The van der Waals surface area contributed by atoms with E-state index in [4.69, 9.17) is 0 Å². The van der Waals surface area contributed by atoms with Crippen LogP contribution in [0.3, 0.4) is 0 Å². The van der Waals surface area contributed by atoms with Gasteiger partial charge in [0, 0.05) is 50.1 Å². The number of pyridine rings is 1. The van der Waals surface area contributed by atoms with E-state index in [-0.39, 0.29) is 17.9 Å². The number of hydrogen-bond acceptors (Lipinski definition) is 3. The van der Waals surface area contributed by atoms with Gasteiger partial charge in [-0.05, 0) is 37.1 Å². The van der Waals surface area contributed by atoms with Gasteiger partial charge in [-0.15, -0.1) is 0 Å². The molecule has 0 spiro atoms. The lowest BCUT2D eigenvalue weighted by Crippen LogP contribution is -2.46. The second-order valence-electron chi connectivity index (χ2n) is 7.30. The molecule has 1 aliphatic heterocycles. The maximum Gasteiger partial charge on any atom is 0.317 e. The van der Waals surface area contributed by atoms with Gasteiger partial charge in [-0.1, -0.05) is 24.3 Å². The Morgan fingerprint density at radius 3 is 2.55 bits per heavy atom. The third-order valence-electron chi connectivity index (χ3n) is 5.27. The van der Waals surface area contributed by atoms with Gasteiger partial charge in [0.05, 0.1) is 5.69 Å². The Hall–Kier alpha value is -3.35. The Bertz CT molecular complexity index is 944. The number of carbonyl (C=O) groups excluding carboxylic acids is 2. The molecule has 3 aromatic rings. The molecule has 0 unspecified atom stereocenters. The molecule has 0 saturated carbocycles. The fourth-order valence-electron chi connectivity index (χ4n) is 3.63. The average molecular weight is 391 g/mol. The maximum absolute atomic E-state index is 12.4. The number of hydrogen-bond donors (Lipinski definition) is 2. The van der Waals surface area contributed by atoms with Gasteiger partial charge in [-0.3, -0.25) is 4.79 Å². The number of piperidine rings is 1. The smallest absolute Gasteiger partial charge is 0.317 e. The van der Waals surface area contributed by atoms with Crippen molar-refractivity contribution in [2.75, 3.05) is 25.0 Å². The second kappa shape index (κ2) is 8.77. The first-order valence-electron chi connectivity index (χ1n) is 10.0. The summed E-state index contributed by atoms with van der Waals surface area (Å²) in [4.78, 5) is 31.2. The largest absolute Gasteiger partial charge is 0.338 e. The molecule has 2 N–H and O–H groups in total. The predicted octanol–water partition coefficient (Wildman–Crippen LogP) is 2.94. The minimum atomic E-state index is -0.0734. The summed E-state index contributed by atoms with van der Waals surface area (Å²) in [6.07, 6.45) is 5.99. The van der Waals surface area contributed by atoms with Crippen molar-refractivity contribution < 1.29 is 9.59 Å². The summed E-state index contributed by atoms with van der Waals surface area (Å²) in [5.41, 5.74) is 2.67. The van der Waals surface area contributed by atoms with Crippen molar-refractivity contribution in [3.8, 4) is 0 Å². The number of imidazole rings is 1. The van der Waals surface area contributed by atoms with E-state index in [0.29, 0.717) is 38.9 Å². The van der Waals surface area contributed by atoms with Crippen LogP contribution in [-0.2, 0) is 11.2 Å². The number of carbonyl (C=O) groups is 2. The highest BCUT2D eigenvalue weighted by Crippen LogP contribution is 2.19. The standard InChI is InChI=1S/C22H25N5O2/c28-21(25-18-6-2-1-3-7-18)17-10-14-26(15-11-17)22(29)23-12-9-19-16-27-13-5-4-8-20(27)24-19/h1-8,13,16-17H,9-12,14-15H2,(H,23,29)(H,25,28). The molecule has 150 valence electrons. The van der Waals surface area contributed by atoms with Gasteiger partial charge in [0.15, 0.2) is 0 Å². The summed E-state index contributed by atoms with van der Waals surface area (Å²) in [6, 6.07) is 15.3. The molecular weight excluding hydrogens is 366 g/mol. The first kappa shape index (κ1) is 19.0. The van der Waals surface area contributed by atoms with Crippen molar-refractivity contribution in [2.45, 2.75) is 19.3 Å². The summed E-state index contributed by atoms with van der Waals surface area (Å²) in [5.74, 6) is -0.0275. The van der Waals surface area contributed by atoms with Crippen LogP contribution in [0.4, 0.5) is 10.5 Å². The molecule has 1 fully saturated rings. The van der Waals surface area contributed by atoms with E-state index in [1.165, 1.54) is 0 Å². The molecule has 1 aromatic carbocycles. The van der Waals surface area contributed by atoms with E-state index >= 15 is 0 Å². The first-order chi connectivity index (χ1) is 14.2. The number of para-hydroxylation sites is 1. The number of nitrogens with zero attached hydrogens (tertiary/aromatic N) is 3. The lowest BCUT2D eigenvalue weighted by molar-refractivity contribution is -0.121. The van der Waals surface area contributed by atoms with Crippen molar-refractivity contribution >= 4 is 23.3 Å². The highest BCUT2D eigenvalue weighted by molar-refractivity contribution is 5.92. The van der Waals surface area contributed by atoms with Crippen LogP contribution < -0.4 is 10.6 Å². The number of anilines is 1. The van der Waals surface area contributed by atoms with Gasteiger partial charge in [0.2, 0.25) is 5.91 Å². The number of rotatable bonds is 5. The Morgan fingerprint density at radius 2 is 1.79 bits per heavy atom. The van der Waals surface area contributed by atoms with Crippen molar-refractivity contribution in [1.82, 2.24) is 19.6 Å². The summed E-state index contributed by atoms with van der Waals surface area (Å²) < 4.78 is 1.97. The molecule has 0 radical (unpaired) electrons. The second-order valence-corrected chi connectivity index (χ2v) is 7.30. The van der Waals surface area contributed by atoms with Crippen LogP contribution in [0.2, 0.25) is 0 Å². The monoisotopic (exact) mass is 391 g/mol. The molecule has 3 amide bonds. The van der Waals surface area contributed by atoms with E-state index in [9.17, 15) is 9.59 Å². The predicted molar refractivity (Wildman–Crippen MR) is 112 cm³/mol. The van der Waals surface area contributed by atoms with Gasteiger partial charge >= 0.3 is 6.03 Å². The molecule has 3 heterocycles. The van der Waals surface area contributed by atoms with Gasteiger partial charge in [0.1, 0.15) is 5.65 Å². The van der Waals surface area contributed by atoms with Crippen LogP contribution in [0.5, 0.6) is 0 Å². The molecular formula is C22H25N5O2. The van der Waals surface area contributed by atoms with E-state index < -0.39 is 0 Å². The molecule has 1 saturated heterocycles. The Kier molecular flexibility index (Phi) is 5.74. The van der Waals surface area contributed by atoms with Crippen LogP contribution in [0.25, 0.3) is 5.65 Å². The number of urea groups is 1. The SMILES string of the molecule is O=C(Nc1ccccc1)C1CCN(C(=O)NCCc2cn3ccccc3n2)CC1. The zero-order valence-electron chi connectivity index (χ0n) is 16.3. The Labute approximate surface area is 169 Å². The number of benzene rings is 1. The quantitative estimate of drug-likeness (QED) is 0.702. The third kappa shape index (κ3) is 4.74. The lowest BCUT2D eigenvalue weighted by Gasteiger charge is -2.31. The van der Waals surface area contributed by atoms with Crippen molar-refractivity contribution in [1.29, 1.82) is 0 Å². The zero-order valence-corrected chi connectivity index (χ0v) is 16.3. The molecule has 7 nitrogen and oxygen atoms in total. The molecule has 0 atom stereocenters. The summed E-state index contributed by atoms with van der Waals surface area (Å²) in [6.45, 7) is 1.72. The first-order valence-corrected chi connectivity index (χ1v) is 10.0. The van der Waals surface area contributed by atoms with E-state index in [1.807, 2.05) is 65.3 Å². The molecule has 29 heavy (non-hydrogen) atoms.